The van der Waals surface area contributed by atoms with Gasteiger partial charge in [0.15, 0.2) is 0 Å². The lowest BCUT2D eigenvalue weighted by Gasteiger charge is -2.01. The van der Waals surface area contributed by atoms with Crippen LogP contribution in [-0.2, 0) is 5.11 Å². The van der Waals surface area contributed by atoms with Gasteiger partial charge in [-0.15, -0.1) is 0 Å². The van der Waals surface area contributed by atoms with Crippen LogP contribution in [0.25, 0.3) is 0 Å². The third-order valence-corrected chi connectivity index (χ3v) is 2.36. The Hall–Kier alpha value is 0.310. The molecule has 0 aromatic carbocycles. The summed E-state index contributed by atoms with van der Waals surface area (Å²) in [7, 11) is 0. The summed E-state index contributed by atoms with van der Waals surface area (Å²) in [5.41, 5.74) is 0. The lowest BCUT2D eigenvalue weighted by atomic mass is 10.3. The predicted octanol–water partition coefficient (Wildman–Crippen LogP) is 2.20. The summed E-state index contributed by atoms with van der Waals surface area (Å²) >= 11 is 1.89. The zero-order valence-corrected chi connectivity index (χ0v) is 7.04. The van der Waals surface area contributed by atoms with Crippen molar-refractivity contribution in [3.8, 4) is 0 Å². The maximum atomic E-state index is 9.96. The summed E-state index contributed by atoms with van der Waals surface area (Å²) in [4.78, 5) is 0. The van der Waals surface area contributed by atoms with E-state index in [1.54, 1.807) is 0 Å². The van der Waals surface area contributed by atoms with E-state index in [9.17, 15) is 5.11 Å². The molecule has 0 amide bonds. The van der Waals surface area contributed by atoms with E-state index >= 15 is 0 Å². The standard InChI is InChI=1S/C7H15OS/c1-7(2)6-9-5-3-4-8/h7H,3-6H2,1-2H3. The Bertz CT molecular complexity index is 54.9. The van der Waals surface area contributed by atoms with Crippen molar-refractivity contribution in [3.05, 3.63) is 0 Å². The maximum absolute atomic E-state index is 9.96. The van der Waals surface area contributed by atoms with Crippen LogP contribution in [0.5, 0.6) is 0 Å². The molecule has 0 atom stereocenters. The molecule has 0 N–H and O–H groups in total. The third kappa shape index (κ3) is 8.31. The molecule has 55 valence electrons. The Balaban J connectivity index is 2.75. The van der Waals surface area contributed by atoms with Gasteiger partial charge >= 0.3 is 0 Å². The van der Waals surface area contributed by atoms with E-state index < -0.39 is 0 Å². The highest BCUT2D eigenvalue weighted by molar-refractivity contribution is 7.99. The van der Waals surface area contributed by atoms with Crippen molar-refractivity contribution in [1.29, 1.82) is 0 Å². The van der Waals surface area contributed by atoms with E-state index in [0.717, 1.165) is 18.1 Å². The fraction of sp³-hybridized carbons (Fsp3) is 1.00. The summed E-state index contributed by atoms with van der Waals surface area (Å²) in [5.74, 6) is 3.00. The van der Waals surface area contributed by atoms with Crippen LogP contribution in [0.1, 0.15) is 20.3 Å². The van der Waals surface area contributed by atoms with Gasteiger partial charge in [-0.3, -0.25) is 0 Å². The second kappa shape index (κ2) is 6.43. The Morgan fingerprint density at radius 2 is 2.11 bits per heavy atom. The second-order valence-corrected chi connectivity index (χ2v) is 3.68. The smallest absolute Gasteiger partial charge is 0.0830 e. The molecule has 0 spiro atoms. The molecule has 0 fully saturated rings. The van der Waals surface area contributed by atoms with Gasteiger partial charge in [-0.1, -0.05) is 13.8 Å². The number of hydrogen-bond donors (Lipinski definition) is 0. The van der Waals surface area contributed by atoms with Crippen LogP contribution in [-0.4, -0.2) is 18.1 Å². The van der Waals surface area contributed by atoms with Gasteiger partial charge in [-0.05, 0) is 23.8 Å². The molecule has 0 aromatic heterocycles. The minimum absolute atomic E-state index is 0.0884. The van der Waals surface area contributed by atoms with Gasteiger partial charge in [-0.25, -0.2) is 5.11 Å². The molecule has 1 radical (unpaired) electrons. The molecule has 0 aliphatic carbocycles. The molecular weight excluding hydrogens is 132 g/mol. The van der Waals surface area contributed by atoms with Crippen molar-refractivity contribution in [3.63, 3.8) is 0 Å². The molecule has 9 heavy (non-hydrogen) atoms. The van der Waals surface area contributed by atoms with E-state index in [4.69, 9.17) is 0 Å². The first-order chi connectivity index (χ1) is 4.27. The average Bonchev–Trinajstić information content (AvgIpc) is 1.80. The SMILES string of the molecule is CC(C)CSCCC[O]. The second-order valence-electron chi connectivity index (χ2n) is 2.53. The van der Waals surface area contributed by atoms with Gasteiger partial charge in [-0.2, -0.15) is 11.8 Å². The Labute approximate surface area is 61.8 Å². The molecule has 0 aliphatic heterocycles. The zero-order chi connectivity index (χ0) is 7.11. The highest BCUT2D eigenvalue weighted by Gasteiger charge is 1.92. The lowest BCUT2D eigenvalue weighted by Crippen LogP contribution is -1.93. The van der Waals surface area contributed by atoms with Gasteiger partial charge in [0.2, 0.25) is 0 Å². The van der Waals surface area contributed by atoms with E-state index in [0.29, 0.717) is 0 Å². The number of hydrogen-bond acceptors (Lipinski definition) is 1. The normalized spacial score (nSPS) is 10.7. The molecule has 0 unspecified atom stereocenters. The highest BCUT2D eigenvalue weighted by atomic mass is 32.2. The predicted molar refractivity (Wildman–Crippen MR) is 42.3 cm³/mol. The molecule has 0 bridgehead atoms. The molecule has 0 saturated carbocycles. The van der Waals surface area contributed by atoms with Gasteiger partial charge in [0.1, 0.15) is 0 Å². The fourth-order valence-electron chi connectivity index (χ4n) is 0.480. The minimum Gasteiger partial charge on any atom is -0.237 e. The first-order valence-corrected chi connectivity index (χ1v) is 4.58. The molecular formula is C7H15OS. The van der Waals surface area contributed by atoms with Crippen molar-refractivity contribution >= 4 is 11.8 Å². The maximum Gasteiger partial charge on any atom is 0.0830 e. The summed E-state index contributed by atoms with van der Waals surface area (Å²) in [6, 6.07) is 0. The van der Waals surface area contributed by atoms with E-state index in [2.05, 4.69) is 13.8 Å². The molecule has 0 saturated heterocycles. The fourth-order valence-corrected chi connectivity index (χ4v) is 1.44. The Morgan fingerprint density at radius 1 is 1.44 bits per heavy atom. The third-order valence-electron chi connectivity index (χ3n) is 0.884. The molecule has 0 rings (SSSR count). The topological polar surface area (TPSA) is 19.9 Å². The lowest BCUT2D eigenvalue weighted by molar-refractivity contribution is 0.194. The van der Waals surface area contributed by atoms with E-state index in [1.165, 1.54) is 5.75 Å². The Morgan fingerprint density at radius 3 is 2.56 bits per heavy atom. The van der Waals surface area contributed by atoms with Crippen molar-refractivity contribution < 1.29 is 5.11 Å². The van der Waals surface area contributed by atoms with Crippen LogP contribution in [0.2, 0.25) is 0 Å². The highest BCUT2D eigenvalue weighted by Crippen LogP contribution is 2.07. The number of rotatable bonds is 5. The van der Waals surface area contributed by atoms with Crippen molar-refractivity contribution in [2.24, 2.45) is 5.92 Å². The molecule has 2 heteroatoms. The molecule has 1 nitrogen and oxygen atoms in total. The van der Waals surface area contributed by atoms with Crippen LogP contribution in [0.15, 0.2) is 0 Å². The van der Waals surface area contributed by atoms with Crippen LogP contribution < -0.4 is 0 Å². The van der Waals surface area contributed by atoms with E-state index in [-0.39, 0.29) is 6.61 Å². The first kappa shape index (κ1) is 9.31. The molecule has 0 aliphatic rings. The summed E-state index contributed by atoms with van der Waals surface area (Å²) in [5, 5.41) is 9.96. The zero-order valence-electron chi connectivity index (χ0n) is 6.22. The number of thioether (sulfide) groups is 1. The largest absolute Gasteiger partial charge is 0.237 e. The molecule has 0 aromatic rings. The average molecular weight is 147 g/mol. The summed E-state index contributed by atoms with van der Waals surface area (Å²) < 4.78 is 0. The van der Waals surface area contributed by atoms with Gasteiger partial charge in [0.05, 0.1) is 6.61 Å². The van der Waals surface area contributed by atoms with Crippen molar-refractivity contribution in [2.45, 2.75) is 20.3 Å². The summed E-state index contributed by atoms with van der Waals surface area (Å²) in [6.45, 7) is 4.49. The van der Waals surface area contributed by atoms with Crippen molar-refractivity contribution in [1.82, 2.24) is 0 Å². The van der Waals surface area contributed by atoms with Crippen molar-refractivity contribution in [2.75, 3.05) is 18.1 Å². The Kier molecular flexibility index (Phi) is 6.65. The quantitative estimate of drug-likeness (QED) is 0.546. The van der Waals surface area contributed by atoms with E-state index in [1.807, 2.05) is 11.8 Å². The molecule has 0 heterocycles. The van der Waals surface area contributed by atoms with Crippen LogP contribution in [0.4, 0.5) is 0 Å². The van der Waals surface area contributed by atoms with Crippen LogP contribution >= 0.6 is 11.8 Å². The van der Waals surface area contributed by atoms with Gasteiger partial charge < -0.3 is 0 Å². The monoisotopic (exact) mass is 147 g/mol. The first-order valence-electron chi connectivity index (χ1n) is 3.43. The van der Waals surface area contributed by atoms with Gasteiger partial charge in [0.25, 0.3) is 0 Å². The van der Waals surface area contributed by atoms with Crippen LogP contribution in [0.3, 0.4) is 0 Å². The van der Waals surface area contributed by atoms with Gasteiger partial charge in [0, 0.05) is 0 Å². The minimum atomic E-state index is 0.0884. The van der Waals surface area contributed by atoms with Crippen LogP contribution in [0, 0.1) is 5.92 Å². The summed E-state index contributed by atoms with van der Waals surface area (Å²) in [6.07, 6.45) is 0.831.